The Morgan fingerprint density at radius 2 is 2.33 bits per heavy atom. The first-order valence-corrected chi connectivity index (χ1v) is 7.96. The number of likely N-dealkylation sites (N-methyl/N-ethyl adjacent to an activating group) is 1. The molecule has 1 saturated heterocycles. The molecule has 0 radical (unpaired) electrons. The molecule has 0 spiro atoms. The third-order valence-electron chi connectivity index (χ3n) is 4.42. The molecule has 3 rings (SSSR count). The molecular weight excluding hydrogens is 286 g/mol. The molecule has 21 heavy (non-hydrogen) atoms. The number of aromatic nitrogens is 1. The molecule has 1 aliphatic heterocycles. The van der Waals surface area contributed by atoms with Crippen LogP contribution >= 0.6 is 11.6 Å². The lowest BCUT2D eigenvalue weighted by Gasteiger charge is -2.19. The number of quaternary nitrogens is 1. The average Bonchev–Trinajstić information content (AvgIpc) is 3.10. The van der Waals surface area contributed by atoms with Crippen LogP contribution in [0.25, 0.3) is 10.9 Å². The van der Waals surface area contributed by atoms with E-state index in [1.54, 1.807) is 4.90 Å². The van der Waals surface area contributed by atoms with Gasteiger partial charge in [-0.2, -0.15) is 0 Å². The highest BCUT2D eigenvalue weighted by Gasteiger charge is 2.27. The van der Waals surface area contributed by atoms with Gasteiger partial charge in [0.1, 0.15) is 11.7 Å². The number of hydrogen-bond donors (Lipinski definition) is 3. The number of amides is 1. The van der Waals surface area contributed by atoms with Gasteiger partial charge in [-0.05, 0) is 31.2 Å². The lowest BCUT2D eigenvalue weighted by atomic mass is 10.2. The lowest BCUT2D eigenvalue weighted by molar-refractivity contribution is -0.909. The fraction of sp³-hybridized carbons (Fsp3) is 0.438. The molecule has 2 atom stereocenters. The van der Waals surface area contributed by atoms with Gasteiger partial charge in [0.2, 0.25) is 0 Å². The Bertz CT molecular complexity index is 652. The number of halogens is 1. The van der Waals surface area contributed by atoms with E-state index in [1.807, 2.05) is 24.3 Å². The van der Waals surface area contributed by atoms with Crippen molar-refractivity contribution in [1.29, 1.82) is 0 Å². The first-order chi connectivity index (χ1) is 10.2. The predicted octanol–water partition coefficient (Wildman–Crippen LogP) is 1.62. The Kier molecular flexibility index (Phi) is 4.17. The smallest absolute Gasteiger partial charge is 0.267 e. The quantitative estimate of drug-likeness (QED) is 0.790. The molecule has 3 N–H and O–H groups in total. The molecule has 2 aromatic rings. The van der Waals surface area contributed by atoms with Crippen molar-refractivity contribution in [3.05, 3.63) is 35.0 Å². The summed E-state index contributed by atoms with van der Waals surface area (Å²) in [6.07, 6.45) is 2.46. The molecule has 5 heteroatoms. The third kappa shape index (κ3) is 3.06. The van der Waals surface area contributed by atoms with Crippen LogP contribution in [0.15, 0.2) is 24.3 Å². The highest BCUT2D eigenvalue weighted by atomic mass is 35.5. The van der Waals surface area contributed by atoms with Crippen molar-refractivity contribution in [1.82, 2.24) is 10.3 Å². The zero-order chi connectivity index (χ0) is 14.8. The van der Waals surface area contributed by atoms with Crippen molar-refractivity contribution >= 4 is 28.4 Å². The van der Waals surface area contributed by atoms with E-state index in [0.29, 0.717) is 16.8 Å². The van der Waals surface area contributed by atoms with Gasteiger partial charge in [-0.15, -0.1) is 0 Å². The summed E-state index contributed by atoms with van der Waals surface area (Å²) in [6.45, 7) is 5.31. The normalized spacial score (nSPS) is 21.8. The maximum atomic E-state index is 12.3. The number of rotatable bonds is 4. The van der Waals surface area contributed by atoms with Crippen LogP contribution in [0.3, 0.4) is 0 Å². The van der Waals surface area contributed by atoms with Crippen molar-refractivity contribution in [2.75, 3.05) is 19.6 Å². The highest BCUT2D eigenvalue weighted by Crippen LogP contribution is 2.20. The molecule has 1 aromatic heterocycles. The van der Waals surface area contributed by atoms with Crippen molar-refractivity contribution in [2.45, 2.75) is 25.8 Å². The zero-order valence-corrected chi connectivity index (χ0v) is 13.0. The van der Waals surface area contributed by atoms with Crippen LogP contribution in [-0.4, -0.2) is 36.6 Å². The van der Waals surface area contributed by atoms with Crippen LogP contribution in [0.5, 0.6) is 0 Å². The topological polar surface area (TPSA) is 49.3 Å². The van der Waals surface area contributed by atoms with E-state index in [9.17, 15) is 4.79 Å². The summed E-state index contributed by atoms with van der Waals surface area (Å²) in [4.78, 5) is 17.0. The van der Waals surface area contributed by atoms with Gasteiger partial charge in [0, 0.05) is 28.8 Å². The minimum atomic E-state index is -0.0373. The van der Waals surface area contributed by atoms with Crippen LogP contribution in [0.2, 0.25) is 5.02 Å². The van der Waals surface area contributed by atoms with Gasteiger partial charge in [-0.1, -0.05) is 11.6 Å². The lowest BCUT2D eigenvalue weighted by Crippen LogP contribution is -3.14. The third-order valence-corrected chi connectivity index (χ3v) is 4.65. The van der Waals surface area contributed by atoms with E-state index in [0.717, 1.165) is 24.0 Å². The maximum absolute atomic E-state index is 12.3. The fourth-order valence-corrected chi connectivity index (χ4v) is 3.41. The van der Waals surface area contributed by atoms with Gasteiger partial charge < -0.3 is 15.2 Å². The molecule has 1 unspecified atom stereocenters. The molecule has 1 amide bonds. The van der Waals surface area contributed by atoms with E-state index in [4.69, 9.17) is 11.6 Å². The van der Waals surface area contributed by atoms with E-state index in [2.05, 4.69) is 17.2 Å². The average molecular weight is 307 g/mol. The first-order valence-electron chi connectivity index (χ1n) is 7.58. The predicted molar refractivity (Wildman–Crippen MR) is 85.0 cm³/mol. The van der Waals surface area contributed by atoms with Crippen LogP contribution in [0.4, 0.5) is 0 Å². The van der Waals surface area contributed by atoms with Crippen molar-refractivity contribution < 1.29 is 9.69 Å². The van der Waals surface area contributed by atoms with Crippen molar-refractivity contribution in [2.24, 2.45) is 0 Å². The Hall–Kier alpha value is -1.52. The Morgan fingerprint density at radius 1 is 1.48 bits per heavy atom. The summed E-state index contributed by atoms with van der Waals surface area (Å²) in [5.74, 6) is -0.0373. The molecule has 1 aliphatic rings. The molecule has 4 nitrogen and oxygen atoms in total. The second kappa shape index (κ2) is 6.08. The Labute approximate surface area is 129 Å². The summed E-state index contributed by atoms with van der Waals surface area (Å²) in [5, 5.41) is 4.71. The van der Waals surface area contributed by atoms with Crippen molar-refractivity contribution in [3.8, 4) is 0 Å². The Balaban J connectivity index is 1.66. The maximum Gasteiger partial charge on any atom is 0.267 e. The molecule has 2 heterocycles. The number of benzene rings is 1. The summed E-state index contributed by atoms with van der Waals surface area (Å²) in [7, 11) is 0. The van der Waals surface area contributed by atoms with Crippen LogP contribution < -0.4 is 10.2 Å². The summed E-state index contributed by atoms with van der Waals surface area (Å²) in [5.41, 5.74) is 1.54. The number of nitrogens with one attached hydrogen (secondary N) is 3. The molecule has 1 aromatic carbocycles. The van der Waals surface area contributed by atoms with E-state index >= 15 is 0 Å². The minimum absolute atomic E-state index is 0.0373. The molecule has 1 fully saturated rings. The monoisotopic (exact) mass is 306 g/mol. The second-order valence-electron chi connectivity index (χ2n) is 5.73. The highest BCUT2D eigenvalue weighted by molar-refractivity contribution is 6.31. The second-order valence-corrected chi connectivity index (χ2v) is 6.16. The van der Waals surface area contributed by atoms with Crippen LogP contribution in [-0.2, 0) is 0 Å². The van der Waals surface area contributed by atoms with Gasteiger partial charge >= 0.3 is 0 Å². The first kappa shape index (κ1) is 14.4. The standard InChI is InChI=1S/C16H20ClN3O/c1-2-20-7-3-4-13(20)10-18-16(21)15-9-11-8-12(17)5-6-14(11)19-15/h5-6,8-9,13,19H,2-4,7,10H2,1H3,(H,18,21)/p+1/t13-/m1/s1. The number of carbonyl (C=O) groups is 1. The molecule has 0 bridgehead atoms. The van der Waals surface area contributed by atoms with Gasteiger partial charge in [-0.3, -0.25) is 4.79 Å². The molecular formula is C16H21ClN3O+. The summed E-state index contributed by atoms with van der Waals surface area (Å²) >= 11 is 5.97. The SMILES string of the molecule is CC[NH+]1CCC[C@@H]1CNC(=O)c1cc2cc(Cl)ccc2[nH]1. The van der Waals surface area contributed by atoms with Gasteiger partial charge in [0.05, 0.1) is 19.6 Å². The van der Waals surface area contributed by atoms with Crippen molar-refractivity contribution in [3.63, 3.8) is 0 Å². The zero-order valence-electron chi connectivity index (χ0n) is 12.2. The van der Waals surface area contributed by atoms with Crippen LogP contribution in [0.1, 0.15) is 30.3 Å². The number of aromatic amines is 1. The number of carbonyl (C=O) groups excluding carboxylic acids is 1. The summed E-state index contributed by atoms with van der Waals surface area (Å²) < 4.78 is 0. The van der Waals surface area contributed by atoms with Gasteiger partial charge in [0.25, 0.3) is 5.91 Å². The van der Waals surface area contributed by atoms with Crippen LogP contribution in [0, 0.1) is 0 Å². The molecule has 0 aliphatic carbocycles. The minimum Gasteiger partial charge on any atom is -0.351 e. The number of H-pyrrole nitrogens is 1. The number of hydrogen-bond acceptors (Lipinski definition) is 1. The molecule has 112 valence electrons. The number of fused-ring (bicyclic) bond motifs is 1. The van der Waals surface area contributed by atoms with E-state index in [-0.39, 0.29) is 5.91 Å². The summed E-state index contributed by atoms with van der Waals surface area (Å²) in [6, 6.07) is 8.00. The number of likely N-dealkylation sites (tertiary alicyclic amines) is 1. The van der Waals surface area contributed by atoms with E-state index in [1.165, 1.54) is 19.4 Å². The largest absolute Gasteiger partial charge is 0.351 e. The molecule has 0 saturated carbocycles. The fourth-order valence-electron chi connectivity index (χ4n) is 3.23. The Morgan fingerprint density at radius 3 is 3.14 bits per heavy atom. The van der Waals surface area contributed by atoms with E-state index < -0.39 is 0 Å². The van der Waals surface area contributed by atoms with Gasteiger partial charge in [-0.25, -0.2) is 0 Å². The van der Waals surface area contributed by atoms with Gasteiger partial charge in [0.15, 0.2) is 0 Å².